The summed E-state index contributed by atoms with van der Waals surface area (Å²) in [4.78, 5) is 24.3. The number of hydrogen-bond donors (Lipinski definition) is 0. The summed E-state index contributed by atoms with van der Waals surface area (Å²) < 4.78 is 37.6. The number of aryl methyl sites for hydroxylation is 1. The van der Waals surface area contributed by atoms with Crippen LogP contribution in [0.1, 0.15) is 38.8 Å². The summed E-state index contributed by atoms with van der Waals surface area (Å²) in [6, 6.07) is 15.9. The van der Waals surface area contributed by atoms with Gasteiger partial charge < -0.3 is 9.47 Å². The predicted molar refractivity (Wildman–Crippen MR) is 103 cm³/mol. The molecule has 0 bridgehead atoms. The van der Waals surface area contributed by atoms with Crippen molar-refractivity contribution < 1.29 is 27.8 Å². The van der Waals surface area contributed by atoms with Crippen molar-refractivity contribution in [3.05, 3.63) is 94.6 Å². The number of esters is 2. The first-order valence-corrected chi connectivity index (χ1v) is 8.94. The molecule has 0 fully saturated rings. The molecule has 0 amide bonds. The lowest BCUT2D eigenvalue weighted by Gasteiger charge is -2.08. The molecule has 3 rings (SSSR count). The van der Waals surface area contributed by atoms with Gasteiger partial charge in [0.15, 0.2) is 11.6 Å². The summed E-state index contributed by atoms with van der Waals surface area (Å²) in [6.45, 7) is 2.01. The molecule has 30 heavy (non-hydrogen) atoms. The Hall–Kier alpha value is -4.05. The number of halogens is 2. The van der Waals surface area contributed by atoms with Gasteiger partial charge in [-0.3, -0.25) is 0 Å². The first-order valence-electron chi connectivity index (χ1n) is 8.94. The van der Waals surface area contributed by atoms with E-state index in [0.29, 0.717) is 5.56 Å². The van der Waals surface area contributed by atoms with Gasteiger partial charge in [-0.05, 0) is 60.5 Å². The quantitative estimate of drug-likeness (QED) is 0.447. The van der Waals surface area contributed by atoms with Crippen LogP contribution in [0.3, 0.4) is 0 Å². The third-order valence-corrected chi connectivity index (χ3v) is 4.27. The Morgan fingerprint density at radius 2 is 1.40 bits per heavy atom. The van der Waals surface area contributed by atoms with Crippen LogP contribution in [0, 0.1) is 23.0 Å². The third kappa shape index (κ3) is 4.50. The fourth-order valence-corrected chi connectivity index (χ4v) is 2.56. The summed E-state index contributed by atoms with van der Waals surface area (Å²) in [5.74, 6) is -4.75. The maximum absolute atomic E-state index is 13.9. The lowest BCUT2D eigenvalue weighted by atomic mass is 10.1. The first-order chi connectivity index (χ1) is 14.4. The SMILES string of the molecule is CCc1ccc(C(=O)Oc2ccc(C(=O)Oc3ccc(C#N)c(F)c3F)cc2)cc1. The van der Waals surface area contributed by atoms with E-state index in [9.17, 15) is 18.4 Å². The van der Waals surface area contributed by atoms with Crippen molar-refractivity contribution in [2.24, 2.45) is 0 Å². The van der Waals surface area contributed by atoms with Crippen molar-refractivity contribution in [1.82, 2.24) is 0 Å². The molecule has 5 nitrogen and oxygen atoms in total. The lowest BCUT2D eigenvalue weighted by molar-refractivity contribution is 0.0725. The van der Waals surface area contributed by atoms with E-state index < -0.39 is 34.9 Å². The highest BCUT2D eigenvalue weighted by Gasteiger charge is 2.18. The topological polar surface area (TPSA) is 76.4 Å². The van der Waals surface area contributed by atoms with Crippen LogP contribution in [-0.4, -0.2) is 11.9 Å². The van der Waals surface area contributed by atoms with E-state index in [2.05, 4.69) is 0 Å². The highest BCUT2D eigenvalue weighted by molar-refractivity contribution is 5.92. The molecular formula is C23H15F2NO4. The van der Waals surface area contributed by atoms with Gasteiger partial charge in [-0.25, -0.2) is 14.0 Å². The lowest BCUT2D eigenvalue weighted by Crippen LogP contribution is -2.11. The van der Waals surface area contributed by atoms with E-state index in [1.54, 1.807) is 12.1 Å². The average Bonchev–Trinajstić information content (AvgIpc) is 2.77. The summed E-state index contributed by atoms with van der Waals surface area (Å²) in [5.41, 5.74) is 1.01. The highest BCUT2D eigenvalue weighted by Crippen LogP contribution is 2.24. The van der Waals surface area contributed by atoms with Gasteiger partial charge in [0, 0.05) is 0 Å². The zero-order valence-electron chi connectivity index (χ0n) is 15.8. The minimum absolute atomic E-state index is 0.0336. The van der Waals surface area contributed by atoms with Gasteiger partial charge in [0.1, 0.15) is 11.8 Å². The molecule has 0 aromatic heterocycles. The number of hydrogen-bond acceptors (Lipinski definition) is 5. The third-order valence-electron chi connectivity index (χ3n) is 4.27. The average molecular weight is 407 g/mol. The van der Waals surface area contributed by atoms with Crippen molar-refractivity contribution in [2.75, 3.05) is 0 Å². The van der Waals surface area contributed by atoms with Gasteiger partial charge in [-0.1, -0.05) is 19.1 Å². The van der Waals surface area contributed by atoms with Crippen LogP contribution in [-0.2, 0) is 6.42 Å². The molecule has 3 aromatic rings. The highest BCUT2D eigenvalue weighted by atomic mass is 19.2. The molecule has 0 saturated carbocycles. The molecule has 0 spiro atoms. The number of benzene rings is 3. The molecule has 0 aliphatic carbocycles. The van der Waals surface area contributed by atoms with Crippen molar-refractivity contribution in [3.63, 3.8) is 0 Å². The molecule has 7 heteroatoms. The molecule has 150 valence electrons. The second-order valence-electron chi connectivity index (χ2n) is 6.20. The van der Waals surface area contributed by atoms with Gasteiger partial charge in [-0.2, -0.15) is 9.65 Å². The molecule has 0 aliphatic heterocycles. The molecule has 0 unspecified atom stereocenters. The Balaban J connectivity index is 1.68. The summed E-state index contributed by atoms with van der Waals surface area (Å²) in [6.07, 6.45) is 0.853. The van der Waals surface area contributed by atoms with Crippen molar-refractivity contribution in [2.45, 2.75) is 13.3 Å². The molecule has 0 atom stereocenters. The Bertz CT molecular complexity index is 1130. The largest absolute Gasteiger partial charge is 0.423 e. The van der Waals surface area contributed by atoms with Crippen LogP contribution >= 0.6 is 0 Å². The summed E-state index contributed by atoms with van der Waals surface area (Å²) in [5, 5.41) is 8.68. The van der Waals surface area contributed by atoms with E-state index in [4.69, 9.17) is 14.7 Å². The van der Waals surface area contributed by atoms with Gasteiger partial charge in [0.2, 0.25) is 5.82 Å². The Kier molecular flexibility index (Phi) is 6.18. The Labute approximate surface area is 171 Å². The number of rotatable bonds is 5. The Morgan fingerprint density at radius 1 is 0.833 bits per heavy atom. The molecule has 3 aromatic carbocycles. The maximum atomic E-state index is 13.9. The van der Waals surface area contributed by atoms with Gasteiger partial charge in [0.05, 0.1) is 16.7 Å². The van der Waals surface area contributed by atoms with Crippen LogP contribution in [0.5, 0.6) is 11.5 Å². The van der Waals surface area contributed by atoms with Crippen molar-refractivity contribution >= 4 is 11.9 Å². The van der Waals surface area contributed by atoms with E-state index in [-0.39, 0.29) is 11.3 Å². The van der Waals surface area contributed by atoms with E-state index in [0.717, 1.165) is 24.1 Å². The predicted octanol–water partition coefficient (Wildman–Crippen LogP) is 4.84. The number of nitriles is 1. The maximum Gasteiger partial charge on any atom is 0.343 e. The summed E-state index contributed by atoms with van der Waals surface area (Å²) in [7, 11) is 0. The molecule has 0 N–H and O–H groups in total. The van der Waals surface area contributed by atoms with Crippen LogP contribution in [0.15, 0.2) is 60.7 Å². The van der Waals surface area contributed by atoms with Crippen molar-refractivity contribution in [3.8, 4) is 17.6 Å². The van der Waals surface area contributed by atoms with Crippen molar-refractivity contribution in [1.29, 1.82) is 5.26 Å². The van der Waals surface area contributed by atoms with Gasteiger partial charge in [0.25, 0.3) is 0 Å². The van der Waals surface area contributed by atoms with E-state index in [1.807, 2.05) is 19.1 Å². The second-order valence-corrected chi connectivity index (χ2v) is 6.20. The number of carbonyl (C=O) groups excluding carboxylic acids is 2. The summed E-state index contributed by atoms with van der Waals surface area (Å²) >= 11 is 0. The van der Waals surface area contributed by atoms with Gasteiger partial charge >= 0.3 is 11.9 Å². The minimum atomic E-state index is -1.43. The standard InChI is InChI=1S/C23H15F2NO4/c1-2-14-3-5-15(6-4-14)22(27)29-18-10-7-16(8-11-18)23(28)30-19-12-9-17(13-26)20(24)21(19)25/h3-12H,2H2,1H3. The number of ether oxygens (including phenoxy) is 2. The monoisotopic (exact) mass is 407 g/mol. The fraction of sp³-hybridized carbons (Fsp3) is 0.0870. The van der Waals surface area contributed by atoms with Crippen LogP contribution < -0.4 is 9.47 Å². The first kappa shape index (κ1) is 20.7. The zero-order chi connectivity index (χ0) is 21.7. The van der Waals surface area contributed by atoms with Crippen LogP contribution in [0.4, 0.5) is 8.78 Å². The molecular weight excluding hydrogens is 392 g/mol. The number of nitrogens with zero attached hydrogens (tertiary/aromatic N) is 1. The normalized spacial score (nSPS) is 10.2. The zero-order valence-corrected chi connectivity index (χ0v) is 15.8. The van der Waals surface area contributed by atoms with E-state index >= 15 is 0 Å². The molecule has 0 radical (unpaired) electrons. The molecule has 0 heterocycles. The smallest absolute Gasteiger partial charge is 0.343 e. The fourth-order valence-electron chi connectivity index (χ4n) is 2.56. The van der Waals surface area contributed by atoms with Crippen LogP contribution in [0.2, 0.25) is 0 Å². The van der Waals surface area contributed by atoms with Gasteiger partial charge in [-0.15, -0.1) is 0 Å². The number of carbonyl (C=O) groups is 2. The second kappa shape index (κ2) is 8.97. The molecule has 0 saturated heterocycles. The minimum Gasteiger partial charge on any atom is -0.423 e. The Morgan fingerprint density at radius 3 is 1.97 bits per heavy atom. The molecule has 0 aliphatic rings. The van der Waals surface area contributed by atoms with Crippen LogP contribution in [0.25, 0.3) is 0 Å². The van der Waals surface area contributed by atoms with E-state index in [1.165, 1.54) is 30.3 Å².